The second kappa shape index (κ2) is 7.54. The molecule has 3 aromatic rings. The van der Waals surface area contributed by atoms with E-state index >= 15 is 0 Å². The van der Waals surface area contributed by atoms with Crippen LogP contribution in [0.1, 0.15) is 31.2 Å². The molecule has 1 aliphatic rings. The van der Waals surface area contributed by atoms with Crippen LogP contribution in [-0.4, -0.2) is 23.3 Å². The highest BCUT2D eigenvalue weighted by Gasteiger charge is 2.23. The third-order valence-corrected chi connectivity index (χ3v) is 6.38. The Balaban J connectivity index is 1.56. The maximum absolute atomic E-state index is 12.6. The average Bonchev–Trinajstić information content (AvgIpc) is 3.13. The van der Waals surface area contributed by atoms with E-state index in [0.29, 0.717) is 23.4 Å². The number of fused-ring (bicyclic) bond motifs is 2. The lowest BCUT2D eigenvalue weighted by Gasteiger charge is -2.14. The van der Waals surface area contributed by atoms with Gasteiger partial charge in [-0.1, -0.05) is 23.9 Å². The first kappa shape index (κ1) is 17.8. The van der Waals surface area contributed by atoms with Crippen molar-refractivity contribution in [1.82, 2.24) is 10.3 Å². The number of amides is 2. The standard InChI is InChI=1S/C20H17N3O2S2/c1-12-14(19(24)22-9-8-13-10-21-11-26-13)6-7-17-18(12)23-20(25)15-4-2-3-5-16(15)27-17/h2-7,10-11H,8-9H2,1H3,(H,22,24)(H,23,25). The third kappa shape index (κ3) is 3.61. The highest BCUT2D eigenvalue weighted by molar-refractivity contribution is 7.99. The van der Waals surface area contributed by atoms with E-state index in [9.17, 15) is 9.59 Å². The van der Waals surface area contributed by atoms with Gasteiger partial charge in [0, 0.05) is 39.4 Å². The largest absolute Gasteiger partial charge is 0.352 e. The number of nitrogens with one attached hydrogen (secondary N) is 2. The first-order chi connectivity index (χ1) is 13.1. The van der Waals surface area contributed by atoms with Gasteiger partial charge in [0.15, 0.2) is 0 Å². The van der Waals surface area contributed by atoms with E-state index in [2.05, 4.69) is 15.6 Å². The van der Waals surface area contributed by atoms with Crippen LogP contribution in [0.4, 0.5) is 5.69 Å². The van der Waals surface area contributed by atoms with Crippen LogP contribution in [0.2, 0.25) is 0 Å². The molecule has 0 atom stereocenters. The fourth-order valence-electron chi connectivity index (χ4n) is 2.98. The van der Waals surface area contributed by atoms with Crippen LogP contribution < -0.4 is 10.6 Å². The van der Waals surface area contributed by atoms with Crippen LogP contribution >= 0.6 is 23.1 Å². The van der Waals surface area contributed by atoms with Gasteiger partial charge in [-0.25, -0.2) is 0 Å². The van der Waals surface area contributed by atoms with Crippen molar-refractivity contribution >= 4 is 40.6 Å². The summed E-state index contributed by atoms with van der Waals surface area (Å²) in [5, 5.41) is 5.92. The molecule has 5 nitrogen and oxygen atoms in total. The van der Waals surface area contributed by atoms with Crippen molar-refractivity contribution in [1.29, 1.82) is 0 Å². The second-order valence-corrected chi connectivity index (χ2v) is 8.19. The average molecular weight is 396 g/mol. The molecule has 0 bridgehead atoms. The predicted molar refractivity (Wildman–Crippen MR) is 108 cm³/mol. The van der Waals surface area contributed by atoms with Gasteiger partial charge in [-0.3, -0.25) is 14.6 Å². The van der Waals surface area contributed by atoms with Crippen molar-refractivity contribution in [3.63, 3.8) is 0 Å². The Morgan fingerprint density at radius 1 is 1.19 bits per heavy atom. The van der Waals surface area contributed by atoms with E-state index in [-0.39, 0.29) is 11.8 Å². The van der Waals surface area contributed by atoms with Gasteiger partial charge in [-0.05, 0) is 36.8 Å². The highest BCUT2D eigenvalue weighted by atomic mass is 32.2. The topological polar surface area (TPSA) is 71.1 Å². The summed E-state index contributed by atoms with van der Waals surface area (Å²) < 4.78 is 0. The van der Waals surface area contributed by atoms with E-state index in [1.165, 1.54) is 11.8 Å². The summed E-state index contributed by atoms with van der Waals surface area (Å²) in [4.78, 5) is 32.2. The second-order valence-electron chi connectivity index (χ2n) is 6.14. The SMILES string of the molecule is Cc1c(C(=O)NCCc2cncs2)ccc2c1NC(=O)c1ccccc1S2. The van der Waals surface area contributed by atoms with Crippen LogP contribution in [0, 0.1) is 6.92 Å². The summed E-state index contributed by atoms with van der Waals surface area (Å²) in [5.41, 5.74) is 4.48. The van der Waals surface area contributed by atoms with E-state index in [0.717, 1.165) is 26.7 Å². The molecule has 2 aromatic carbocycles. The minimum absolute atomic E-state index is 0.138. The summed E-state index contributed by atoms with van der Waals surface area (Å²) in [6.07, 6.45) is 2.57. The first-order valence-corrected chi connectivity index (χ1v) is 10.2. The predicted octanol–water partition coefficient (Wildman–Crippen LogP) is 4.14. The van der Waals surface area contributed by atoms with Crippen LogP contribution in [-0.2, 0) is 6.42 Å². The molecular formula is C20H17N3O2S2. The van der Waals surface area contributed by atoms with Crippen molar-refractivity contribution in [2.75, 3.05) is 11.9 Å². The Bertz CT molecular complexity index is 1020. The third-order valence-electron chi connectivity index (χ3n) is 4.40. The van der Waals surface area contributed by atoms with Crippen LogP contribution in [0.5, 0.6) is 0 Å². The number of aromatic nitrogens is 1. The van der Waals surface area contributed by atoms with Gasteiger partial charge in [-0.2, -0.15) is 0 Å². The summed E-state index contributed by atoms with van der Waals surface area (Å²) in [6.45, 7) is 2.41. The monoisotopic (exact) mass is 395 g/mol. The van der Waals surface area contributed by atoms with E-state index in [1.807, 2.05) is 49.5 Å². The number of thiazole rings is 1. The minimum atomic E-state index is -0.150. The number of carbonyl (C=O) groups excluding carboxylic acids is 2. The normalized spacial score (nSPS) is 12.6. The van der Waals surface area contributed by atoms with Gasteiger partial charge in [0.05, 0.1) is 16.8 Å². The molecule has 136 valence electrons. The fourth-order valence-corrected chi connectivity index (χ4v) is 4.67. The molecular weight excluding hydrogens is 378 g/mol. The molecule has 1 aliphatic heterocycles. The quantitative estimate of drug-likeness (QED) is 0.696. The molecule has 7 heteroatoms. The van der Waals surface area contributed by atoms with Crippen LogP contribution in [0.3, 0.4) is 0 Å². The molecule has 0 saturated heterocycles. The lowest BCUT2D eigenvalue weighted by Crippen LogP contribution is -2.26. The van der Waals surface area contributed by atoms with Crippen LogP contribution in [0.15, 0.2) is 57.9 Å². The van der Waals surface area contributed by atoms with Crippen molar-refractivity contribution in [3.05, 3.63) is 69.7 Å². The smallest absolute Gasteiger partial charge is 0.256 e. The van der Waals surface area contributed by atoms with Gasteiger partial charge >= 0.3 is 0 Å². The zero-order chi connectivity index (χ0) is 18.8. The first-order valence-electron chi connectivity index (χ1n) is 8.51. The molecule has 0 spiro atoms. The molecule has 2 N–H and O–H groups in total. The lowest BCUT2D eigenvalue weighted by molar-refractivity contribution is 0.0952. The summed E-state index contributed by atoms with van der Waals surface area (Å²) in [7, 11) is 0. The van der Waals surface area contributed by atoms with Crippen molar-refractivity contribution in [2.24, 2.45) is 0 Å². The Morgan fingerprint density at radius 2 is 2.04 bits per heavy atom. The van der Waals surface area contributed by atoms with Gasteiger partial charge in [0.25, 0.3) is 11.8 Å². The molecule has 0 unspecified atom stereocenters. The summed E-state index contributed by atoms with van der Waals surface area (Å²) >= 11 is 3.11. The molecule has 0 radical (unpaired) electrons. The summed E-state index contributed by atoms with van der Waals surface area (Å²) in [5.74, 6) is -0.288. The number of hydrogen-bond donors (Lipinski definition) is 2. The van der Waals surface area contributed by atoms with E-state index in [1.54, 1.807) is 16.8 Å². The summed E-state index contributed by atoms with van der Waals surface area (Å²) in [6, 6.07) is 11.2. The Morgan fingerprint density at radius 3 is 2.85 bits per heavy atom. The van der Waals surface area contributed by atoms with E-state index < -0.39 is 0 Å². The van der Waals surface area contributed by atoms with Gasteiger partial charge in [-0.15, -0.1) is 11.3 Å². The highest BCUT2D eigenvalue weighted by Crippen LogP contribution is 2.40. The molecule has 4 rings (SSSR count). The maximum Gasteiger partial charge on any atom is 0.256 e. The molecule has 0 aliphatic carbocycles. The molecule has 1 aromatic heterocycles. The van der Waals surface area contributed by atoms with Gasteiger partial charge in [0.2, 0.25) is 0 Å². The molecule has 2 heterocycles. The molecule has 0 saturated carbocycles. The Labute approximate surface area is 165 Å². The molecule has 27 heavy (non-hydrogen) atoms. The zero-order valence-electron chi connectivity index (χ0n) is 14.6. The maximum atomic E-state index is 12.6. The van der Waals surface area contributed by atoms with E-state index in [4.69, 9.17) is 0 Å². The zero-order valence-corrected chi connectivity index (χ0v) is 16.2. The number of carbonyl (C=O) groups is 2. The number of rotatable bonds is 4. The van der Waals surface area contributed by atoms with Crippen molar-refractivity contribution in [3.8, 4) is 0 Å². The van der Waals surface area contributed by atoms with Gasteiger partial charge in [0.1, 0.15) is 0 Å². The van der Waals surface area contributed by atoms with Crippen LogP contribution in [0.25, 0.3) is 0 Å². The minimum Gasteiger partial charge on any atom is -0.352 e. The number of hydrogen-bond acceptors (Lipinski definition) is 5. The Kier molecular flexibility index (Phi) is 4.96. The fraction of sp³-hybridized carbons (Fsp3) is 0.150. The number of benzene rings is 2. The van der Waals surface area contributed by atoms with Crippen molar-refractivity contribution < 1.29 is 9.59 Å². The number of nitrogens with zero attached hydrogens (tertiary/aromatic N) is 1. The van der Waals surface area contributed by atoms with Crippen molar-refractivity contribution in [2.45, 2.75) is 23.1 Å². The lowest BCUT2D eigenvalue weighted by atomic mass is 10.1. The molecule has 0 fully saturated rings. The molecule has 2 amide bonds. The Hall–Kier alpha value is -2.64. The number of anilines is 1. The van der Waals surface area contributed by atoms with Gasteiger partial charge < -0.3 is 10.6 Å².